The van der Waals surface area contributed by atoms with E-state index in [1.165, 1.54) is 6.92 Å². The summed E-state index contributed by atoms with van der Waals surface area (Å²) in [5.41, 5.74) is 0. The molecule has 0 aromatic rings. The van der Waals surface area contributed by atoms with Crippen LogP contribution in [-0.2, 0) is 4.74 Å². The van der Waals surface area contributed by atoms with Crippen molar-refractivity contribution in [2.45, 2.75) is 13.2 Å². The van der Waals surface area contributed by atoms with Gasteiger partial charge in [-0.15, -0.1) is 0 Å². The highest BCUT2D eigenvalue weighted by atomic mass is 16.7. The third-order valence-electron chi connectivity index (χ3n) is 0.316. The lowest BCUT2D eigenvalue weighted by Crippen LogP contribution is -2.05. The number of ether oxygens (including phenoxy) is 1. The maximum Gasteiger partial charge on any atom is 0.154 e. The number of aliphatic hydroxyl groups is 2. The first kappa shape index (κ1) is 5.88. The second kappa shape index (κ2) is 3.08. The van der Waals surface area contributed by atoms with Crippen LogP contribution in [0.1, 0.15) is 6.92 Å². The Kier molecular flexibility index (Phi) is 3.02. The van der Waals surface area contributed by atoms with E-state index in [0.717, 1.165) is 0 Å². The van der Waals surface area contributed by atoms with Gasteiger partial charge in [0.2, 0.25) is 0 Å². The summed E-state index contributed by atoms with van der Waals surface area (Å²) in [4.78, 5) is 0. The van der Waals surface area contributed by atoms with Crippen molar-refractivity contribution in [2.75, 3.05) is 6.79 Å². The summed E-state index contributed by atoms with van der Waals surface area (Å²) >= 11 is 0. The van der Waals surface area contributed by atoms with Crippen LogP contribution in [0.15, 0.2) is 0 Å². The van der Waals surface area contributed by atoms with Crippen molar-refractivity contribution in [3.63, 3.8) is 0 Å². The minimum absolute atomic E-state index is 0.419. The molecule has 0 bridgehead atoms. The molecule has 0 saturated heterocycles. The Bertz CT molecular complexity index is 27.2. The molecule has 6 heavy (non-hydrogen) atoms. The van der Waals surface area contributed by atoms with Crippen molar-refractivity contribution in [1.29, 1.82) is 0 Å². The summed E-state index contributed by atoms with van der Waals surface area (Å²) < 4.78 is 4.15. The van der Waals surface area contributed by atoms with Crippen LogP contribution in [0.4, 0.5) is 0 Å². The Morgan fingerprint density at radius 3 is 2.33 bits per heavy atom. The normalized spacial score (nSPS) is 14.5. The molecule has 3 heteroatoms. The van der Waals surface area contributed by atoms with Gasteiger partial charge in [-0.1, -0.05) is 0 Å². The molecular weight excluding hydrogens is 84.0 g/mol. The fourth-order valence-corrected chi connectivity index (χ4v) is 0.108. The fraction of sp³-hybridized carbons (Fsp3) is 1.00. The monoisotopic (exact) mass is 92.0 g/mol. The van der Waals surface area contributed by atoms with E-state index in [1.807, 2.05) is 0 Å². The highest BCUT2D eigenvalue weighted by molar-refractivity contribution is 4.13. The lowest BCUT2D eigenvalue weighted by molar-refractivity contribution is -0.139. The zero-order valence-electron chi connectivity index (χ0n) is 3.59. The van der Waals surface area contributed by atoms with E-state index in [9.17, 15) is 0 Å². The molecule has 1 atom stereocenters. The predicted molar refractivity (Wildman–Crippen MR) is 19.9 cm³/mol. The van der Waals surface area contributed by atoms with Gasteiger partial charge in [0.05, 0.1) is 0 Å². The molecule has 0 saturated carbocycles. The van der Waals surface area contributed by atoms with Crippen molar-refractivity contribution in [1.82, 2.24) is 0 Å². The van der Waals surface area contributed by atoms with Crippen LogP contribution >= 0.6 is 0 Å². The maximum atomic E-state index is 8.17. The summed E-state index contributed by atoms with van der Waals surface area (Å²) in [5, 5.41) is 16.0. The van der Waals surface area contributed by atoms with Crippen LogP contribution in [0.3, 0.4) is 0 Å². The highest BCUT2D eigenvalue weighted by Gasteiger charge is 1.86. The van der Waals surface area contributed by atoms with Gasteiger partial charge < -0.3 is 14.9 Å². The second-order valence-corrected chi connectivity index (χ2v) is 0.895. The molecule has 0 fully saturated rings. The van der Waals surface area contributed by atoms with Gasteiger partial charge in [0, 0.05) is 0 Å². The Labute approximate surface area is 36.2 Å². The average Bonchev–Trinajstić information content (AvgIpc) is 1.35. The Morgan fingerprint density at radius 2 is 2.33 bits per heavy atom. The second-order valence-electron chi connectivity index (χ2n) is 0.895. The van der Waals surface area contributed by atoms with E-state index in [-0.39, 0.29) is 0 Å². The van der Waals surface area contributed by atoms with Gasteiger partial charge in [0.1, 0.15) is 6.79 Å². The summed E-state index contributed by atoms with van der Waals surface area (Å²) in [6.07, 6.45) is -0.852. The molecule has 0 rings (SSSR count). The smallest absolute Gasteiger partial charge is 0.154 e. The molecule has 0 aromatic carbocycles. The van der Waals surface area contributed by atoms with E-state index in [0.29, 0.717) is 0 Å². The van der Waals surface area contributed by atoms with Crippen molar-refractivity contribution in [2.24, 2.45) is 0 Å². The quantitative estimate of drug-likeness (QED) is 0.442. The largest absolute Gasteiger partial charge is 0.371 e. The predicted octanol–water partition coefficient (Wildman–Crippen LogP) is -0.709. The van der Waals surface area contributed by atoms with E-state index in [4.69, 9.17) is 10.2 Å². The fourth-order valence-electron chi connectivity index (χ4n) is 0.108. The first-order chi connectivity index (χ1) is 2.77. The van der Waals surface area contributed by atoms with Crippen molar-refractivity contribution >= 4 is 0 Å². The third kappa shape index (κ3) is 3.88. The average molecular weight is 92.1 g/mol. The minimum atomic E-state index is -0.852. The van der Waals surface area contributed by atoms with Crippen molar-refractivity contribution in [3.05, 3.63) is 0 Å². The van der Waals surface area contributed by atoms with Gasteiger partial charge in [0.25, 0.3) is 0 Å². The van der Waals surface area contributed by atoms with E-state index in [1.54, 1.807) is 0 Å². The lowest BCUT2D eigenvalue weighted by Gasteiger charge is -1.98. The summed E-state index contributed by atoms with van der Waals surface area (Å²) in [6.45, 7) is 1.01. The number of rotatable bonds is 2. The Hall–Kier alpha value is -0.120. The Morgan fingerprint density at radius 1 is 1.83 bits per heavy atom. The minimum Gasteiger partial charge on any atom is -0.371 e. The van der Waals surface area contributed by atoms with Gasteiger partial charge in [-0.05, 0) is 6.92 Å². The van der Waals surface area contributed by atoms with Crippen LogP contribution in [0.5, 0.6) is 0 Å². The summed E-state index contributed by atoms with van der Waals surface area (Å²) in [7, 11) is 0. The highest BCUT2D eigenvalue weighted by Crippen LogP contribution is 1.77. The Balaban J connectivity index is 2.63. The molecule has 0 aliphatic carbocycles. The first-order valence-corrected chi connectivity index (χ1v) is 1.68. The molecule has 0 amide bonds. The number of hydrogen-bond donors (Lipinski definition) is 2. The molecule has 1 unspecified atom stereocenters. The molecule has 0 radical (unpaired) electrons. The van der Waals surface area contributed by atoms with Gasteiger partial charge in [0.15, 0.2) is 6.29 Å². The summed E-state index contributed by atoms with van der Waals surface area (Å²) in [6, 6.07) is 0. The molecule has 0 spiro atoms. The lowest BCUT2D eigenvalue weighted by atomic mass is 10.8. The molecule has 0 aliphatic rings. The van der Waals surface area contributed by atoms with Gasteiger partial charge >= 0.3 is 0 Å². The van der Waals surface area contributed by atoms with Crippen LogP contribution in [0.2, 0.25) is 0 Å². The maximum absolute atomic E-state index is 8.17. The first-order valence-electron chi connectivity index (χ1n) is 1.68. The van der Waals surface area contributed by atoms with Crippen LogP contribution in [0, 0.1) is 0 Å². The molecule has 3 nitrogen and oxygen atoms in total. The van der Waals surface area contributed by atoms with Crippen molar-refractivity contribution < 1.29 is 14.9 Å². The standard InChI is InChI=1S/C3H8O3/c1-3(5)6-2-4/h3-5H,2H2,1H3. The molecular formula is C3H8O3. The molecule has 0 aliphatic heterocycles. The van der Waals surface area contributed by atoms with E-state index >= 15 is 0 Å². The van der Waals surface area contributed by atoms with Crippen LogP contribution in [-0.4, -0.2) is 23.3 Å². The molecule has 0 aromatic heterocycles. The molecule has 38 valence electrons. The van der Waals surface area contributed by atoms with Crippen LogP contribution in [0.25, 0.3) is 0 Å². The van der Waals surface area contributed by atoms with Gasteiger partial charge in [-0.25, -0.2) is 0 Å². The van der Waals surface area contributed by atoms with Crippen molar-refractivity contribution in [3.8, 4) is 0 Å². The SMILES string of the molecule is CC(O)OCO. The van der Waals surface area contributed by atoms with Gasteiger partial charge in [-0.2, -0.15) is 0 Å². The molecule has 0 heterocycles. The zero-order valence-corrected chi connectivity index (χ0v) is 3.59. The topological polar surface area (TPSA) is 49.7 Å². The third-order valence-corrected chi connectivity index (χ3v) is 0.316. The van der Waals surface area contributed by atoms with E-state index < -0.39 is 13.1 Å². The molecule has 2 N–H and O–H groups in total. The number of aliphatic hydroxyl groups excluding tert-OH is 2. The van der Waals surface area contributed by atoms with Crippen LogP contribution < -0.4 is 0 Å². The van der Waals surface area contributed by atoms with E-state index in [2.05, 4.69) is 4.74 Å². The number of hydrogen-bond acceptors (Lipinski definition) is 3. The summed E-state index contributed by atoms with van der Waals surface area (Å²) in [5.74, 6) is 0. The zero-order chi connectivity index (χ0) is 4.99. The van der Waals surface area contributed by atoms with Gasteiger partial charge in [-0.3, -0.25) is 0 Å².